The maximum absolute atomic E-state index is 12.3. The Bertz CT molecular complexity index is 358. The third kappa shape index (κ3) is 3.93. The van der Waals surface area contributed by atoms with E-state index in [0.29, 0.717) is 32.0 Å². The van der Waals surface area contributed by atoms with Crippen molar-refractivity contribution in [2.45, 2.75) is 44.7 Å². The van der Waals surface area contributed by atoms with Crippen molar-refractivity contribution >= 4 is 11.8 Å². The van der Waals surface area contributed by atoms with Gasteiger partial charge in [-0.05, 0) is 25.2 Å². The van der Waals surface area contributed by atoms with Crippen molar-refractivity contribution < 1.29 is 14.3 Å². The van der Waals surface area contributed by atoms with Crippen molar-refractivity contribution in [2.24, 2.45) is 11.7 Å². The fraction of sp³-hybridized carbons (Fsp3) is 0.857. The first-order valence-corrected chi connectivity index (χ1v) is 7.54. The van der Waals surface area contributed by atoms with Crippen LogP contribution in [0.3, 0.4) is 0 Å². The van der Waals surface area contributed by atoms with E-state index in [2.05, 4.69) is 5.32 Å². The molecule has 114 valence electrons. The molecule has 2 fully saturated rings. The molecule has 2 rings (SSSR count). The van der Waals surface area contributed by atoms with Gasteiger partial charge in [0.2, 0.25) is 11.8 Å². The maximum Gasteiger partial charge on any atom is 0.245 e. The predicted octanol–water partition coefficient (Wildman–Crippen LogP) is -0.133. The minimum atomic E-state index is -0.505. The summed E-state index contributed by atoms with van der Waals surface area (Å²) in [5, 5.41) is 2.83. The van der Waals surface area contributed by atoms with Crippen LogP contribution in [0.4, 0.5) is 0 Å². The average molecular weight is 283 g/mol. The molecule has 0 aromatic heterocycles. The normalized spacial score (nSPS) is 24.3. The van der Waals surface area contributed by atoms with E-state index in [1.165, 1.54) is 0 Å². The van der Waals surface area contributed by atoms with Crippen LogP contribution in [0.25, 0.3) is 0 Å². The van der Waals surface area contributed by atoms with Gasteiger partial charge in [0, 0.05) is 25.6 Å². The van der Waals surface area contributed by atoms with Gasteiger partial charge in [-0.1, -0.05) is 6.92 Å². The molecule has 0 radical (unpaired) electrons. The lowest BCUT2D eigenvalue weighted by Gasteiger charge is -2.35. The van der Waals surface area contributed by atoms with E-state index < -0.39 is 6.04 Å². The molecular weight excluding hydrogens is 258 g/mol. The van der Waals surface area contributed by atoms with Crippen molar-refractivity contribution in [3.8, 4) is 0 Å². The monoisotopic (exact) mass is 283 g/mol. The van der Waals surface area contributed by atoms with Gasteiger partial charge in [0.05, 0.1) is 13.2 Å². The fourth-order valence-corrected chi connectivity index (χ4v) is 2.50. The Hall–Kier alpha value is -1.14. The van der Waals surface area contributed by atoms with Crippen LogP contribution in [0, 0.1) is 5.92 Å². The fourth-order valence-electron chi connectivity index (χ4n) is 2.50. The number of hydrogen-bond acceptors (Lipinski definition) is 4. The van der Waals surface area contributed by atoms with Crippen molar-refractivity contribution in [1.29, 1.82) is 0 Å². The highest BCUT2D eigenvalue weighted by atomic mass is 16.5. The molecule has 2 atom stereocenters. The number of hydrogen-bond donors (Lipinski definition) is 2. The molecule has 1 aliphatic carbocycles. The van der Waals surface area contributed by atoms with Gasteiger partial charge >= 0.3 is 0 Å². The van der Waals surface area contributed by atoms with Gasteiger partial charge in [-0.25, -0.2) is 0 Å². The lowest BCUT2D eigenvalue weighted by atomic mass is 10.1. The first-order valence-electron chi connectivity index (χ1n) is 7.54. The molecule has 0 spiro atoms. The second kappa shape index (κ2) is 7.04. The highest BCUT2D eigenvalue weighted by molar-refractivity contribution is 5.88. The predicted molar refractivity (Wildman–Crippen MR) is 74.9 cm³/mol. The molecule has 0 bridgehead atoms. The molecule has 20 heavy (non-hydrogen) atoms. The quantitative estimate of drug-likeness (QED) is 0.711. The molecule has 1 saturated heterocycles. The second-order valence-corrected chi connectivity index (χ2v) is 5.67. The Balaban J connectivity index is 1.91. The summed E-state index contributed by atoms with van der Waals surface area (Å²) in [4.78, 5) is 26.1. The van der Waals surface area contributed by atoms with E-state index in [1.54, 1.807) is 4.90 Å². The van der Waals surface area contributed by atoms with Crippen molar-refractivity contribution in [2.75, 3.05) is 26.3 Å². The minimum Gasteiger partial charge on any atom is -0.377 e. The number of carbonyl (C=O) groups excluding carboxylic acids is 2. The molecular formula is C14H25N3O3. The van der Waals surface area contributed by atoms with Gasteiger partial charge in [0.15, 0.2) is 0 Å². The molecule has 2 unspecified atom stereocenters. The Morgan fingerprint density at radius 3 is 2.85 bits per heavy atom. The van der Waals surface area contributed by atoms with E-state index in [1.807, 2.05) is 6.92 Å². The van der Waals surface area contributed by atoms with Crippen molar-refractivity contribution in [3.63, 3.8) is 0 Å². The molecule has 2 aliphatic rings. The summed E-state index contributed by atoms with van der Waals surface area (Å²) in [7, 11) is 0. The highest BCUT2D eigenvalue weighted by Gasteiger charge is 2.36. The molecule has 0 aromatic carbocycles. The molecule has 0 aromatic rings. The van der Waals surface area contributed by atoms with E-state index in [-0.39, 0.29) is 24.5 Å². The number of rotatable bonds is 6. The molecule has 1 saturated carbocycles. The summed E-state index contributed by atoms with van der Waals surface area (Å²) in [5.74, 6) is 0.344. The van der Waals surface area contributed by atoms with Crippen LogP contribution in [-0.4, -0.2) is 55.1 Å². The number of morpholine rings is 1. The van der Waals surface area contributed by atoms with Crippen LogP contribution in [0.15, 0.2) is 0 Å². The number of nitrogens with zero attached hydrogens (tertiary/aromatic N) is 1. The topological polar surface area (TPSA) is 84.7 Å². The Kier molecular flexibility index (Phi) is 5.37. The average Bonchev–Trinajstić information content (AvgIpc) is 3.29. The van der Waals surface area contributed by atoms with Gasteiger partial charge in [-0.15, -0.1) is 0 Å². The standard InChI is InChI=1S/C14H25N3O3/c1-2-5-16-14(19)12-9-20-7-6-17(12)13(18)8-11(15)10-3-4-10/h10-12H,2-9,15H2,1H3,(H,16,19). The summed E-state index contributed by atoms with van der Waals surface area (Å²) >= 11 is 0. The van der Waals surface area contributed by atoms with Gasteiger partial charge in [-0.3, -0.25) is 9.59 Å². The van der Waals surface area contributed by atoms with E-state index in [0.717, 1.165) is 19.3 Å². The molecule has 1 heterocycles. The minimum absolute atomic E-state index is 0.0238. The number of nitrogens with one attached hydrogen (secondary N) is 1. The van der Waals surface area contributed by atoms with Crippen LogP contribution >= 0.6 is 0 Å². The number of ether oxygens (including phenoxy) is 1. The highest BCUT2D eigenvalue weighted by Crippen LogP contribution is 2.33. The smallest absolute Gasteiger partial charge is 0.245 e. The number of amides is 2. The first kappa shape index (κ1) is 15.3. The second-order valence-electron chi connectivity index (χ2n) is 5.67. The number of carbonyl (C=O) groups is 2. The van der Waals surface area contributed by atoms with Crippen LogP contribution in [0.5, 0.6) is 0 Å². The zero-order valence-electron chi connectivity index (χ0n) is 12.1. The number of nitrogens with two attached hydrogens (primary N) is 1. The Morgan fingerprint density at radius 2 is 2.20 bits per heavy atom. The third-order valence-electron chi connectivity index (χ3n) is 3.94. The van der Waals surface area contributed by atoms with E-state index in [4.69, 9.17) is 10.5 Å². The lowest BCUT2D eigenvalue weighted by molar-refractivity contribution is -0.148. The van der Waals surface area contributed by atoms with Crippen LogP contribution < -0.4 is 11.1 Å². The van der Waals surface area contributed by atoms with Crippen LogP contribution in [0.2, 0.25) is 0 Å². The maximum atomic E-state index is 12.3. The third-order valence-corrected chi connectivity index (χ3v) is 3.94. The van der Waals surface area contributed by atoms with Crippen LogP contribution in [0.1, 0.15) is 32.6 Å². The molecule has 2 amide bonds. The van der Waals surface area contributed by atoms with E-state index in [9.17, 15) is 9.59 Å². The van der Waals surface area contributed by atoms with Crippen molar-refractivity contribution in [3.05, 3.63) is 0 Å². The largest absolute Gasteiger partial charge is 0.377 e. The van der Waals surface area contributed by atoms with Gasteiger partial charge in [-0.2, -0.15) is 0 Å². The van der Waals surface area contributed by atoms with Crippen LogP contribution in [-0.2, 0) is 14.3 Å². The Labute approximate surface area is 120 Å². The lowest BCUT2D eigenvalue weighted by Crippen LogP contribution is -2.56. The summed E-state index contributed by atoms with van der Waals surface area (Å²) < 4.78 is 5.34. The summed E-state index contributed by atoms with van der Waals surface area (Å²) in [6, 6.07) is -0.570. The SMILES string of the molecule is CCCNC(=O)C1COCCN1C(=O)CC(N)C1CC1. The zero-order valence-corrected chi connectivity index (χ0v) is 12.1. The first-order chi connectivity index (χ1) is 9.63. The Morgan fingerprint density at radius 1 is 1.45 bits per heavy atom. The molecule has 3 N–H and O–H groups in total. The van der Waals surface area contributed by atoms with Gasteiger partial charge in [0.25, 0.3) is 0 Å². The van der Waals surface area contributed by atoms with Gasteiger partial charge < -0.3 is 20.7 Å². The summed E-state index contributed by atoms with van der Waals surface area (Å²) in [6.45, 7) is 3.86. The van der Waals surface area contributed by atoms with E-state index >= 15 is 0 Å². The molecule has 1 aliphatic heterocycles. The van der Waals surface area contributed by atoms with Crippen molar-refractivity contribution in [1.82, 2.24) is 10.2 Å². The molecule has 6 nitrogen and oxygen atoms in total. The van der Waals surface area contributed by atoms with Gasteiger partial charge in [0.1, 0.15) is 6.04 Å². The summed E-state index contributed by atoms with van der Waals surface area (Å²) in [6.07, 6.45) is 3.46. The zero-order chi connectivity index (χ0) is 14.5. The molecule has 6 heteroatoms. The summed E-state index contributed by atoms with van der Waals surface area (Å²) in [5.41, 5.74) is 6.01.